The minimum Gasteiger partial charge on any atom is -0.394 e. The van der Waals surface area contributed by atoms with Crippen molar-refractivity contribution in [1.29, 1.82) is 0 Å². The van der Waals surface area contributed by atoms with Gasteiger partial charge in [-0.1, -0.05) is 0 Å². The van der Waals surface area contributed by atoms with E-state index in [1.807, 2.05) is 12.3 Å². The molecule has 4 nitrogen and oxygen atoms in total. The predicted octanol–water partition coefficient (Wildman–Crippen LogP) is 1.14. The molecule has 0 atom stereocenters. The standard InChI is InChI=1S/C9H13N3OS/c1-14-7-2-5-10-8(11-7)12-9(6-13)3-4-9/h2,5,13H,3-4,6H2,1H3,(H,10,11,12). The highest BCUT2D eigenvalue weighted by Crippen LogP contribution is 2.37. The highest BCUT2D eigenvalue weighted by molar-refractivity contribution is 7.98. The monoisotopic (exact) mass is 211 g/mol. The fourth-order valence-electron chi connectivity index (χ4n) is 1.23. The largest absolute Gasteiger partial charge is 0.394 e. The third-order valence-electron chi connectivity index (χ3n) is 2.37. The van der Waals surface area contributed by atoms with Crippen molar-refractivity contribution in [3.63, 3.8) is 0 Å². The smallest absolute Gasteiger partial charge is 0.224 e. The molecule has 1 aromatic rings. The summed E-state index contributed by atoms with van der Waals surface area (Å²) in [7, 11) is 0. The summed E-state index contributed by atoms with van der Waals surface area (Å²) in [6.45, 7) is 0.153. The maximum Gasteiger partial charge on any atom is 0.224 e. The molecule has 5 heteroatoms. The van der Waals surface area contributed by atoms with Gasteiger partial charge in [-0.2, -0.15) is 0 Å². The fourth-order valence-corrected chi connectivity index (χ4v) is 1.60. The lowest BCUT2D eigenvalue weighted by Crippen LogP contribution is -2.26. The molecule has 1 aliphatic carbocycles. The van der Waals surface area contributed by atoms with Gasteiger partial charge >= 0.3 is 0 Å². The summed E-state index contributed by atoms with van der Waals surface area (Å²) in [4.78, 5) is 8.41. The van der Waals surface area contributed by atoms with Crippen LogP contribution in [-0.4, -0.2) is 33.5 Å². The molecular weight excluding hydrogens is 198 g/mol. The van der Waals surface area contributed by atoms with Crippen LogP contribution in [-0.2, 0) is 0 Å². The van der Waals surface area contributed by atoms with Gasteiger partial charge in [-0.25, -0.2) is 9.97 Å². The molecule has 0 aromatic carbocycles. The van der Waals surface area contributed by atoms with E-state index in [1.54, 1.807) is 18.0 Å². The van der Waals surface area contributed by atoms with Crippen molar-refractivity contribution in [2.75, 3.05) is 18.2 Å². The van der Waals surface area contributed by atoms with Crippen molar-refractivity contribution in [1.82, 2.24) is 9.97 Å². The zero-order valence-electron chi connectivity index (χ0n) is 8.03. The van der Waals surface area contributed by atoms with Crippen molar-refractivity contribution in [3.05, 3.63) is 12.3 Å². The SMILES string of the molecule is CSc1ccnc(NC2(CO)CC2)n1. The van der Waals surface area contributed by atoms with E-state index >= 15 is 0 Å². The number of anilines is 1. The second-order valence-electron chi connectivity index (χ2n) is 3.49. The Hall–Kier alpha value is -0.810. The van der Waals surface area contributed by atoms with E-state index < -0.39 is 0 Å². The third-order valence-corrected chi connectivity index (χ3v) is 3.02. The predicted molar refractivity (Wildman–Crippen MR) is 56.5 cm³/mol. The Balaban J connectivity index is 2.09. The number of thioether (sulfide) groups is 1. The van der Waals surface area contributed by atoms with Gasteiger partial charge in [0.15, 0.2) is 0 Å². The van der Waals surface area contributed by atoms with Gasteiger partial charge in [-0.05, 0) is 25.2 Å². The van der Waals surface area contributed by atoms with E-state index in [1.165, 1.54) is 0 Å². The summed E-state index contributed by atoms with van der Waals surface area (Å²) < 4.78 is 0. The molecule has 0 saturated heterocycles. The molecule has 1 aromatic heterocycles. The molecule has 1 saturated carbocycles. The molecule has 0 unspecified atom stereocenters. The van der Waals surface area contributed by atoms with Gasteiger partial charge in [0.25, 0.3) is 0 Å². The second-order valence-corrected chi connectivity index (χ2v) is 4.31. The maximum absolute atomic E-state index is 9.12. The van der Waals surface area contributed by atoms with Crippen LogP contribution in [0.2, 0.25) is 0 Å². The number of aliphatic hydroxyl groups is 1. The van der Waals surface area contributed by atoms with Crippen LogP contribution in [0, 0.1) is 0 Å². The Kier molecular flexibility index (Phi) is 2.60. The van der Waals surface area contributed by atoms with Gasteiger partial charge in [-0.15, -0.1) is 11.8 Å². The van der Waals surface area contributed by atoms with Crippen LogP contribution < -0.4 is 5.32 Å². The van der Waals surface area contributed by atoms with Crippen molar-refractivity contribution in [3.8, 4) is 0 Å². The third kappa shape index (κ3) is 1.99. The van der Waals surface area contributed by atoms with Crippen molar-refractivity contribution in [2.24, 2.45) is 0 Å². The zero-order valence-corrected chi connectivity index (χ0v) is 8.84. The quantitative estimate of drug-likeness (QED) is 0.577. The van der Waals surface area contributed by atoms with E-state index in [-0.39, 0.29) is 12.1 Å². The number of hydrogen-bond acceptors (Lipinski definition) is 5. The molecule has 0 amide bonds. The van der Waals surface area contributed by atoms with Gasteiger partial charge in [0, 0.05) is 6.20 Å². The molecule has 2 rings (SSSR count). The molecule has 0 radical (unpaired) electrons. The van der Waals surface area contributed by atoms with Gasteiger partial charge in [0.05, 0.1) is 12.1 Å². The minimum atomic E-state index is -0.142. The maximum atomic E-state index is 9.12. The molecule has 0 spiro atoms. The summed E-state index contributed by atoms with van der Waals surface area (Å²) in [5.74, 6) is 0.614. The van der Waals surface area contributed by atoms with Crippen molar-refractivity contribution in [2.45, 2.75) is 23.4 Å². The van der Waals surface area contributed by atoms with Crippen LogP contribution in [0.1, 0.15) is 12.8 Å². The number of hydrogen-bond donors (Lipinski definition) is 2. The lowest BCUT2D eigenvalue weighted by Gasteiger charge is -2.13. The average molecular weight is 211 g/mol. The average Bonchev–Trinajstić information content (AvgIpc) is 2.99. The number of nitrogens with zero attached hydrogens (tertiary/aromatic N) is 2. The second kappa shape index (κ2) is 3.74. The first-order chi connectivity index (χ1) is 6.78. The first-order valence-corrected chi connectivity index (χ1v) is 5.77. The summed E-state index contributed by atoms with van der Waals surface area (Å²) in [6, 6.07) is 1.87. The van der Waals surface area contributed by atoms with Crippen LogP contribution in [0.4, 0.5) is 5.95 Å². The molecule has 14 heavy (non-hydrogen) atoms. The Morgan fingerprint density at radius 2 is 2.43 bits per heavy atom. The molecule has 1 aliphatic rings. The fraction of sp³-hybridized carbons (Fsp3) is 0.556. The molecule has 0 aliphatic heterocycles. The van der Waals surface area contributed by atoms with Crippen LogP contribution in [0.5, 0.6) is 0 Å². The summed E-state index contributed by atoms with van der Waals surface area (Å²) in [5.41, 5.74) is -0.142. The molecule has 1 heterocycles. The molecule has 2 N–H and O–H groups in total. The Morgan fingerprint density at radius 3 is 3.00 bits per heavy atom. The molecule has 76 valence electrons. The Morgan fingerprint density at radius 1 is 1.64 bits per heavy atom. The molecular formula is C9H13N3OS. The van der Waals surface area contributed by atoms with Crippen molar-refractivity contribution < 1.29 is 5.11 Å². The van der Waals surface area contributed by atoms with Gasteiger partial charge < -0.3 is 10.4 Å². The first-order valence-electron chi connectivity index (χ1n) is 4.54. The van der Waals surface area contributed by atoms with Crippen LogP contribution in [0.25, 0.3) is 0 Å². The van der Waals surface area contributed by atoms with E-state index in [2.05, 4.69) is 15.3 Å². The minimum absolute atomic E-state index is 0.142. The Bertz CT molecular complexity index is 328. The summed E-state index contributed by atoms with van der Waals surface area (Å²) >= 11 is 1.58. The molecule has 1 fully saturated rings. The van der Waals surface area contributed by atoms with Gasteiger partial charge in [0.2, 0.25) is 5.95 Å². The lowest BCUT2D eigenvalue weighted by atomic mass is 10.3. The van der Waals surface area contributed by atoms with Gasteiger partial charge in [-0.3, -0.25) is 0 Å². The summed E-state index contributed by atoms with van der Waals surface area (Å²) in [5, 5.41) is 13.2. The number of aliphatic hydroxyl groups excluding tert-OH is 1. The van der Waals surface area contributed by atoms with Gasteiger partial charge in [0.1, 0.15) is 5.03 Å². The normalized spacial score (nSPS) is 17.9. The first kappa shape index (κ1) is 9.73. The van der Waals surface area contributed by atoms with Crippen LogP contribution in [0.3, 0.4) is 0 Å². The zero-order chi connectivity index (χ0) is 10.0. The Labute approximate surface area is 87.2 Å². The van der Waals surface area contributed by atoms with E-state index in [9.17, 15) is 0 Å². The molecule has 0 bridgehead atoms. The topological polar surface area (TPSA) is 58.0 Å². The number of rotatable bonds is 4. The highest BCUT2D eigenvalue weighted by Gasteiger charge is 2.42. The van der Waals surface area contributed by atoms with E-state index in [0.717, 1.165) is 17.9 Å². The number of nitrogens with one attached hydrogen (secondary N) is 1. The lowest BCUT2D eigenvalue weighted by molar-refractivity contribution is 0.265. The number of aromatic nitrogens is 2. The highest BCUT2D eigenvalue weighted by atomic mass is 32.2. The van der Waals surface area contributed by atoms with Crippen molar-refractivity contribution >= 4 is 17.7 Å². The van der Waals surface area contributed by atoms with E-state index in [0.29, 0.717) is 5.95 Å². The summed E-state index contributed by atoms with van der Waals surface area (Å²) in [6.07, 6.45) is 5.70. The van der Waals surface area contributed by atoms with Crippen LogP contribution >= 0.6 is 11.8 Å². The van der Waals surface area contributed by atoms with E-state index in [4.69, 9.17) is 5.11 Å². The van der Waals surface area contributed by atoms with Crippen LogP contribution in [0.15, 0.2) is 17.3 Å².